The third-order valence-corrected chi connectivity index (χ3v) is 4.80. The molecule has 0 N–H and O–H groups in total. The normalized spacial score (nSPS) is 12.0. The van der Waals surface area contributed by atoms with Gasteiger partial charge in [-0.3, -0.25) is 4.79 Å². The number of para-hydroxylation sites is 1. The summed E-state index contributed by atoms with van der Waals surface area (Å²) < 4.78 is 16.7. The molecule has 2 aromatic carbocycles. The van der Waals surface area contributed by atoms with Gasteiger partial charge >= 0.3 is 5.97 Å². The lowest BCUT2D eigenvalue weighted by atomic mass is 10.1. The van der Waals surface area contributed by atoms with Gasteiger partial charge in [-0.05, 0) is 19.9 Å². The summed E-state index contributed by atoms with van der Waals surface area (Å²) in [6, 6.07) is 16.3. The maximum atomic E-state index is 13.1. The van der Waals surface area contributed by atoms with Gasteiger partial charge in [-0.2, -0.15) is 0 Å². The van der Waals surface area contributed by atoms with Crippen LogP contribution in [0, 0.1) is 0 Å². The first-order chi connectivity index (χ1) is 14.1. The number of furan rings is 1. The van der Waals surface area contributed by atoms with Crippen LogP contribution >= 0.6 is 0 Å². The predicted octanol–water partition coefficient (Wildman–Crippen LogP) is 4.35. The number of likely N-dealkylation sites (N-methyl/N-ethyl adjacent to an activating group) is 1. The van der Waals surface area contributed by atoms with E-state index in [0.717, 1.165) is 5.39 Å². The van der Waals surface area contributed by atoms with E-state index in [1.807, 2.05) is 50.2 Å². The van der Waals surface area contributed by atoms with E-state index < -0.39 is 12.1 Å². The van der Waals surface area contributed by atoms with Crippen LogP contribution in [0.5, 0.6) is 0 Å². The number of hydrogen-bond acceptors (Lipinski definition) is 5. The Morgan fingerprint density at radius 3 is 2.31 bits per heavy atom. The molecule has 0 fully saturated rings. The minimum absolute atomic E-state index is 0.0568. The number of ether oxygens (including phenoxy) is 2. The van der Waals surface area contributed by atoms with Gasteiger partial charge in [0.15, 0.2) is 0 Å². The molecule has 6 heteroatoms. The first-order valence-corrected chi connectivity index (χ1v) is 9.64. The van der Waals surface area contributed by atoms with E-state index in [1.165, 1.54) is 0 Å². The van der Waals surface area contributed by atoms with E-state index in [9.17, 15) is 9.59 Å². The Bertz CT molecular complexity index is 975. The zero-order valence-electron chi connectivity index (χ0n) is 16.9. The molecule has 0 radical (unpaired) electrons. The van der Waals surface area contributed by atoms with Crippen molar-refractivity contribution < 1.29 is 23.5 Å². The van der Waals surface area contributed by atoms with Crippen molar-refractivity contribution in [3.63, 3.8) is 0 Å². The van der Waals surface area contributed by atoms with E-state index in [-0.39, 0.29) is 18.3 Å². The minimum atomic E-state index is -1.05. The molecule has 6 nitrogen and oxygen atoms in total. The standard InChI is InChI=1S/C23H25NO5/c1-4-24(5-2)22(25)20(16-11-7-6-8-12-16)29-23(26)21-18(15-27-3)17-13-9-10-14-19(17)28-21/h6-14,20H,4-5,15H2,1-3H3. The SMILES string of the molecule is CCN(CC)C(=O)C(OC(=O)c1oc2ccccc2c1COC)c1ccccc1. The van der Waals surface area contributed by atoms with Crippen LogP contribution in [-0.2, 0) is 20.9 Å². The third-order valence-electron chi connectivity index (χ3n) is 4.80. The summed E-state index contributed by atoms with van der Waals surface area (Å²) in [6.45, 7) is 5.02. The summed E-state index contributed by atoms with van der Waals surface area (Å²) in [7, 11) is 1.55. The third kappa shape index (κ3) is 4.32. The van der Waals surface area contributed by atoms with E-state index in [0.29, 0.717) is 29.8 Å². The summed E-state index contributed by atoms with van der Waals surface area (Å²) in [5.41, 5.74) is 1.79. The van der Waals surface area contributed by atoms with E-state index in [2.05, 4.69) is 0 Å². The van der Waals surface area contributed by atoms with Crippen molar-refractivity contribution in [3.8, 4) is 0 Å². The molecule has 29 heavy (non-hydrogen) atoms. The number of methoxy groups -OCH3 is 1. The smallest absolute Gasteiger partial charge is 0.375 e. The quantitative estimate of drug-likeness (QED) is 0.531. The van der Waals surface area contributed by atoms with Crippen molar-refractivity contribution in [2.24, 2.45) is 0 Å². The maximum absolute atomic E-state index is 13.1. The number of nitrogens with zero attached hydrogens (tertiary/aromatic N) is 1. The lowest BCUT2D eigenvalue weighted by Gasteiger charge is -2.25. The fourth-order valence-corrected chi connectivity index (χ4v) is 3.30. The molecular formula is C23H25NO5. The van der Waals surface area contributed by atoms with Crippen molar-refractivity contribution in [2.75, 3.05) is 20.2 Å². The Hall–Kier alpha value is -3.12. The first-order valence-electron chi connectivity index (χ1n) is 9.64. The van der Waals surface area contributed by atoms with Crippen molar-refractivity contribution in [1.82, 2.24) is 4.90 Å². The van der Waals surface area contributed by atoms with Crippen molar-refractivity contribution in [1.29, 1.82) is 0 Å². The molecule has 0 aliphatic carbocycles. The van der Waals surface area contributed by atoms with Gasteiger partial charge in [0.05, 0.1) is 6.61 Å². The molecule has 1 heterocycles. The van der Waals surface area contributed by atoms with Gasteiger partial charge < -0.3 is 18.8 Å². The molecule has 1 unspecified atom stereocenters. The fourth-order valence-electron chi connectivity index (χ4n) is 3.30. The number of amides is 1. The van der Waals surface area contributed by atoms with Crippen molar-refractivity contribution in [2.45, 2.75) is 26.6 Å². The highest BCUT2D eigenvalue weighted by molar-refractivity contribution is 5.97. The molecule has 152 valence electrons. The summed E-state index contributed by atoms with van der Waals surface area (Å²) in [4.78, 5) is 27.7. The van der Waals surface area contributed by atoms with Crippen molar-refractivity contribution >= 4 is 22.8 Å². The average molecular weight is 395 g/mol. The van der Waals surface area contributed by atoms with Gasteiger partial charge in [-0.25, -0.2) is 4.79 Å². The second-order valence-electron chi connectivity index (χ2n) is 6.55. The highest BCUT2D eigenvalue weighted by atomic mass is 16.6. The van der Waals surface area contributed by atoms with Gasteiger partial charge in [0.25, 0.3) is 5.91 Å². The zero-order chi connectivity index (χ0) is 20.8. The zero-order valence-corrected chi connectivity index (χ0v) is 16.9. The van der Waals surface area contributed by atoms with Crippen LogP contribution in [0.15, 0.2) is 59.0 Å². The largest absolute Gasteiger partial charge is 0.449 e. The van der Waals surface area contributed by atoms with E-state index in [1.54, 1.807) is 30.2 Å². The fraction of sp³-hybridized carbons (Fsp3) is 0.304. The molecule has 0 saturated heterocycles. The molecule has 1 amide bonds. The highest BCUT2D eigenvalue weighted by Gasteiger charge is 2.31. The molecule has 0 aliphatic rings. The highest BCUT2D eigenvalue weighted by Crippen LogP contribution is 2.29. The Morgan fingerprint density at radius 2 is 1.66 bits per heavy atom. The van der Waals surface area contributed by atoms with Crippen LogP contribution < -0.4 is 0 Å². The number of rotatable bonds is 8. The number of carbonyl (C=O) groups is 2. The Labute approximate surface area is 170 Å². The Balaban J connectivity index is 1.98. The van der Waals surface area contributed by atoms with Crippen molar-refractivity contribution in [3.05, 3.63) is 71.5 Å². The molecular weight excluding hydrogens is 370 g/mol. The first kappa shape index (κ1) is 20.6. The summed E-state index contributed by atoms with van der Waals surface area (Å²) in [5.74, 6) is -0.900. The topological polar surface area (TPSA) is 69.0 Å². The molecule has 0 bridgehead atoms. The summed E-state index contributed by atoms with van der Waals surface area (Å²) in [5, 5.41) is 0.785. The molecule has 1 atom stereocenters. The van der Waals surface area contributed by atoms with Gasteiger partial charge in [0.1, 0.15) is 5.58 Å². The Kier molecular flexibility index (Phi) is 6.67. The number of benzene rings is 2. The van der Waals surface area contributed by atoms with E-state index in [4.69, 9.17) is 13.9 Å². The minimum Gasteiger partial charge on any atom is -0.449 e. The van der Waals surface area contributed by atoms with Crippen LogP contribution in [0.4, 0.5) is 0 Å². The predicted molar refractivity (Wildman–Crippen MR) is 109 cm³/mol. The average Bonchev–Trinajstić information content (AvgIpc) is 3.12. The van der Waals surface area contributed by atoms with E-state index >= 15 is 0 Å². The van der Waals surface area contributed by atoms with Gasteiger partial charge in [-0.15, -0.1) is 0 Å². The molecule has 0 spiro atoms. The summed E-state index contributed by atoms with van der Waals surface area (Å²) >= 11 is 0. The second kappa shape index (κ2) is 9.39. The summed E-state index contributed by atoms with van der Waals surface area (Å²) in [6.07, 6.45) is -1.05. The molecule has 0 saturated carbocycles. The van der Waals surface area contributed by atoms with Gasteiger partial charge in [0.2, 0.25) is 11.9 Å². The molecule has 1 aromatic heterocycles. The van der Waals surface area contributed by atoms with Crippen LogP contribution in [-0.4, -0.2) is 37.0 Å². The monoisotopic (exact) mass is 395 g/mol. The number of hydrogen-bond donors (Lipinski definition) is 0. The molecule has 3 aromatic rings. The van der Waals surface area contributed by atoms with Gasteiger partial charge in [-0.1, -0.05) is 48.5 Å². The number of carbonyl (C=O) groups excluding carboxylic acids is 2. The maximum Gasteiger partial charge on any atom is 0.375 e. The lowest BCUT2D eigenvalue weighted by molar-refractivity contribution is -0.140. The Morgan fingerprint density at radius 1 is 1.00 bits per heavy atom. The molecule has 0 aliphatic heterocycles. The lowest BCUT2D eigenvalue weighted by Crippen LogP contribution is -2.36. The van der Waals surface area contributed by atoms with Gasteiger partial charge in [0, 0.05) is 36.7 Å². The number of esters is 1. The van der Waals surface area contributed by atoms with Crippen LogP contribution in [0.2, 0.25) is 0 Å². The van der Waals surface area contributed by atoms with Crippen LogP contribution in [0.25, 0.3) is 11.0 Å². The number of fused-ring (bicyclic) bond motifs is 1. The second-order valence-corrected chi connectivity index (χ2v) is 6.55. The van der Waals surface area contributed by atoms with Crippen LogP contribution in [0.1, 0.15) is 41.6 Å². The molecule has 3 rings (SSSR count). The van der Waals surface area contributed by atoms with Crippen LogP contribution in [0.3, 0.4) is 0 Å².